The molecule has 1 saturated heterocycles. The summed E-state index contributed by atoms with van der Waals surface area (Å²) in [6.07, 6.45) is 0.535. The minimum Gasteiger partial charge on any atom is -0.481 e. The Kier molecular flexibility index (Phi) is 6.08. The first kappa shape index (κ1) is 15.8. The van der Waals surface area contributed by atoms with Crippen LogP contribution in [0.15, 0.2) is 0 Å². The topological polar surface area (TPSA) is 78.9 Å². The van der Waals surface area contributed by atoms with Crippen molar-refractivity contribution in [2.45, 2.75) is 45.8 Å². The van der Waals surface area contributed by atoms with Crippen LogP contribution in [0.2, 0.25) is 0 Å². The maximum Gasteiger partial charge on any atom is 0.317 e. The Morgan fingerprint density at radius 2 is 2.16 bits per heavy atom. The lowest BCUT2D eigenvalue weighted by molar-refractivity contribution is -0.141. The summed E-state index contributed by atoms with van der Waals surface area (Å²) in [5.41, 5.74) is 0. The number of morpholine rings is 1. The number of nitrogens with one attached hydrogen (secondary N) is 1. The SMILES string of the molecule is CCC(C)C(C)NC(=O)N1CCOC(CC(=O)O)C1. The maximum atomic E-state index is 12.1. The number of amides is 2. The molecule has 19 heavy (non-hydrogen) atoms. The van der Waals surface area contributed by atoms with E-state index in [1.54, 1.807) is 4.90 Å². The van der Waals surface area contributed by atoms with Crippen LogP contribution in [0.3, 0.4) is 0 Å². The number of rotatable bonds is 5. The fourth-order valence-electron chi connectivity index (χ4n) is 2.00. The van der Waals surface area contributed by atoms with Crippen LogP contribution in [-0.4, -0.2) is 53.8 Å². The molecule has 1 heterocycles. The Bertz CT molecular complexity index is 322. The Labute approximate surface area is 114 Å². The summed E-state index contributed by atoms with van der Waals surface area (Å²) < 4.78 is 5.34. The molecule has 110 valence electrons. The largest absolute Gasteiger partial charge is 0.481 e. The highest BCUT2D eigenvalue weighted by Gasteiger charge is 2.27. The van der Waals surface area contributed by atoms with Crippen LogP contribution in [-0.2, 0) is 9.53 Å². The summed E-state index contributed by atoms with van der Waals surface area (Å²) in [6, 6.07) is -0.0234. The molecule has 0 spiro atoms. The van der Waals surface area contributed by atoms with Gasteiger partial charge in [0.2, 0.25) is 0 Å². The Hall–Kier alpha value is -1.30. The molecule has 2 amide bonds. The van der Waals surface area contributed by atoms with E-state index in [9.17, 15) is 9.59 Å². The van der Waals surface area contributed by atoms with E-state index in [4.69, 9.17) is 9.84 Å². The van der Waals surface area contributed by atoms with Crippen LogP contribution in [0, 0.1) is 5.92 Å². The van der Waals surface area contributed by atoms with Gasteiger partial charge in [-0.1, -0.05) is 20.3 Å². The number of urea groups is 1. The van der Waals surface area contributed by atoms with Gasteiger partial charge in [-0.25, -0.2) is 4.79 Å². The second-order valence-electron chi connectivity index (χ2n) is 5.16. The summed E-state index contributed by atoms with van der Waals surface area (Å²) >= 11 is 0. The number of hydrogen-bond donors (Lipinski definition) is 2. The molecule has 6 nitrogen and oxygen atoms in total. The van der Waals surface area contributed by atoms with E-state index < -0.39 is 12.1 Å². The smallest absolute Gasteiger partial charge is 0.317 e. The first-order chi connectivity index (χ1) is 8.93. The highest BCUT2D eigenvalue weighted by Crippen LogP contribution is 2.11. The second kappa shape index (κ2) is 7.33. The average molecular weight is 272 g/mol. The van der Waals surface area contributed by atoms with Gasteiger partial charge in [-0.2, -0.15) is 0 Å². The normalized spacial score (nSPS) is 22.7. The van der Waals surface area contributed by atoms with Crippen molar-refractivity contribution < 1.29 is 19.4 Å². The van der Waals surface area contributed by atoms with Gasteiger partial charge in [-0.15, -0.1) is 0 Å². The van der Waals surface area contributed by atoms with E-state index >= 15 is 0 Å². The van der Waals surface area contributed by atoms with Crippen molar-refractivity contribution in [2.24, 2.45) is 5.92 Å². The highest BCUT2D eigenvalue weighted by atomic mass is 16.5. The third-order valence-electron chi connectivity index (χ3n) is 3.68. The molecule has 1 rings (SSSR count). The molecule has 1 fully saturated rings. The van der Waals surface area contributed by atoms with Gasteiger partial charge in [0.05, 0.1) is 19.1 Å². The summed E-state index contributed by atoms with van der Waals surface area (Å²) in [5, 5.41) is 11.7. The van der Waals surface area contributed by atoms with Gasteiger partial charge >= 0.3 is 12.0 Å². The fourth-order valence-corrected chi connectivity index (χ4v) is 2.00. The van der Waals surface area contributed by atoms with Crippen LogP contribution in [0.25, 0.3) is 0 Å². The molecular formula is C13H24N2O4. The second-order valence-corrected chi connectivity index (χ2v) is 5.16. The van der Waals surface area contributed by atoms with Crippen LogP contribution in [0.4, 0.5) is 4.79 Å². The molecule has 0 aliphatic carbocycles. The summed E-state index contributed by atoms with van der Waals surface area (Å²) in [6.45, 7) is 7.41. The molecule has 0 aromatic carbocycles. The van der Waals surface area contributed by atoms with Gasteiger partial charge in [-0.05, 0) is 12.8 Å². The molecule has 0 bridgehead atoms. The van der Waals surface area contributed by atoms with Gasteiger partial charge in [0, 0.05) is 19.1 Å². The van der Waals surface area contributed by atoms with E-state index in [0.717, 1.165) is 6.42 Å². The van der Waals surface area contributed by atoms with E-state index in [2.05, 4.69) is 19.2 Å². The maximum absolute atomic E-state index is 12.1. The molecule has 0 aromatic rings. The van der Waals surface area contributed by atoms with Gasteiger partial charge in [0.15, 0.2) is 0 Å². The summed E-state index contributed by atoms with van der Waals surface area (Å²) in [4.78, 5) is 24.4. The third kappa shape index (κ3) is 5.06. The molecule has 3 unspecified atom stereocenters. The zero-order valence-electron chi connectivity index (χ0n) is 11.9. The minimum absolute atomic E-state index is 0.0648. The number of carbonyl (C=O) groups excluding carboxylic acids is 1. The monoisotopic (exact) mass is 272 g/mol. The van der Waals surface area contributed by atoms with E-state index in [-0.39, 0.29) is 18.5 Å². The van der Waals surface area contributed by atoms with Crippen molar-refractivity contribution in [3.05, 3.63) is 0 Å². The molecule has 2 N–H and O–H groups in total. The standard InChI is InChI=1S/C13H24N2O4/c1-4-9(2)10(3)14-13(18)15-5-6-19-11(8-15)7-12(16)17/h9-11H,4-8H2,1-3H3,(H,14,18)(H,16,17). The summed E-state index contributed by atoms with van der Waals surface area (Å²) in [5.74, 6) is -0.486. The first-order valence-electron chi connectivity index (χ1n) is 6.82. The van der Waals surface area contributed by atoms with Crippen molar-refractivity contribution >= 4 is 12.0 Å². The van der Waals surface area contributed by atoms with Crippen molar-refractivity contribution in [1.82, 2.24) is 10.2 Å². The Balaban J connectivity index is 2.45. The fraction of sp³-hybridized carbons (Fsp3) is 0.846. The number of carboxylic acids is 1. The molecular weight excluding hydrogens is 248 g/mol. The predicted octanol–water partition coefficient (Wildman–Crippen LogP) is 1.31. The van der Waals surface area contributed by atoms with Crippen molar-refractivity contribution in [1.29, 1.82) is 0 Å². The first-order valence-corrected chi connectivity index (χ1v) is 6.82. The van der Waals surface area contributed by atoms with Crippen LogP contribution in [0.5, 0.6) is 0 Å². The highest BCUT2D eigenvalue weighted by molar-refractivity contribution is 5.75. The lowest BCUT2D eigenvalue weighted by Crippen LogP contribution is -2.52. The van der Waals surface area contributed by atoms with Crippen molar-refractivity contribution in [2.75, 3.05) is 19.7 Å². The molecule has 0 saturated carbocycles. The number of hydrogen-bond acceptors (Lipinski definition) is 3. The van der Waals surface area contributed by atoms with E-state index in [1.807, 2.05) is 6.92 Å². The minimum atomic E-state index is -0.903. The number of aliphatic carboxylic acids is 1. The van der Waals surface area contributed by atoms with Crippen molar-refractivity contribution in [3.63, 3.8) is 0 Å². The Morgan fingerprint density at radius 3 is 2.74 bits per heavy atom. The third-order valence-corrected chi connectivity index (χ3v) is 3.68. The quantitative estimate of drug-likeness (QED) is 0.791. The van der Waals surface area contributed by atoms with Gasteiger partial charge in [0.1, 0.15) is 0 Å². The van der Waals surface area contributed by atoms with E-state index in [1.165, 1.54) is 0 Å². The molecule has 0 aromatic heterocycles. The molecule has 3 atom stereocenters. The zero-order chi connectivity index (χ0) is 14.4. The predicted molar refractivity (Wildman–Crippen MR) is 71.0 cm³/mol. The Morgan fingerprint density at radius 1 is 1.47 bits per heavy atom. The summed E-state index contributed by atoms with van der Waals surface area (Å²) in [7, 11) is 0. The van der Waals surface area contributed by atoms with Crippen LogP contribution >= 0.6 is 0 Å². The van der Waals surface area contributed by atoms with Gasteiger partial charge < -0.3 is 20.1 Å². The molecule has 1 aliphatic heterocycles. The lowest BCUT2D eigenvalue weighted by atomic mass is 10.0. The molecule has 0 radical (unpaired) electrons. The number of ether oxygens (including phenoxy) is 1. The van der Waals surface area contributed by atoms with Crippen LogP contribution in [0.1, 0.15) is 33.6 Å². The van der Waals surface area contributed by atoms with E-state index in [0.29, 0.717) is 25.6 Å². The van der Waals surface area contributed by atoms with Gasteiger partial charge in [-0.3, -0.25) is 4.79 Å². The lowest BCUT2D eigenvalue weighted by Gasteiger charge is -2.33. The van der Waals surface area contributed by atoms with Gasteiger partial charge in [0.25, 0.3) is 0 Å². The molecule has 6 heteroatoms. The molecule has 1 aliphatic rings. The number of nitrogens with zero attached hydrogens (tertiary/aromatic N) is 1. The van der Waals surface area contributed by atoms with Crippen LogP contribution < -0.4 is 5.32 Å². The van der Waals surface area contributed by atoms with Crippen molar-refractivity contribution in [3.8, 4) is 0 Å². The average Bonchev–Trinajstić information content (AvgIpc) is 2.37. The number of carboxylic acid groups (broad SMARTS) is 1. The zero-order valence-corrected chi connectivity index (χ0v) is 11.9. The number of carbonyl (C=O) groups is 2.